The average Bonchev–Trinajstić information content (AvgIpc) is 2.93. The summed E-state index contributed by atoms with van der Waals surface area (Å²) in [5.74, 6) is -1.07. The van der Waals surface area contributed by atoms with Crippen LogP contribution in [0.25, 0.3) is 0 Å². The highest BCUT2D eigenvalue weighted by molar-refractivity contribution is 7.09. The Hall–Kier alpha value is -2.41. The third-order valence-electron chi connectivity index (χ3n) is 2.94. The van der Waals surface area contributed by atoms with Crippen LogP contribution in [0.15, 0.2) is 29.6 Å². The van der Waals surface area contributed by atoms with Gasteiger partial charge < -0.3 is 10.4 Å². The number of benzene rings is 1. The lowest BCUT2D eigenvalue weighted by atomic mass is 10.2. The van der Waals surface area contributed by atoms with Crippen LogP contribution in [-0.4, -0.2) is 29.1 Å². The summed E-state index contributed by atoms with van der Waals surface area (Å²) >= 11 is 1.21. The fourth-order valence-electron chi connectivity index (χ4n) is 1.81. The number of thiazole rings is 1. The number of aromatic carboxylic acids is 1. The molecule has 0 bridgehead atoms. The molecule has 0 atom stereocenters. The van der Waals surface area contributed by atoms with Gasteiger partial charge in [0, 0.05) is 18.1 Å². The quantitative estimate of drug-likeness (QED) is 0.909. The molecule has 110 valence electrons. The molecular formula is C14H15N3O3S. The number of rotatable bonds is 4. The molecule has 1 aromatic heterocycles. The van der Waals surface area contributed by atoms with Gasteiger partial charge in [-0.1, -0.05) is 18.2 Å². The molecule has 6 nitrogen and oxygen atoms in total. The van der Waals surface area contributed by atoms with E-state index in [2.05, 4.69) is 10.3 Å². The normalized spacial score (nSPS) is 10.2. The van der Waals surface area contributed by atoms with Crippen molar-refractivity contribution in [2.45, 2.75) is 13.5 Å². The molecule has 0 saturated carbocycles. The third kappa shape index (κ3) is 3.57. The van der Waals surface area contributed by atoms with Gasteiger partial charge >= 0.3 is 12.0 Å². The van der Waals surface area contributed by atoms with Crippen molar-refractivity contribution in [2.24, 2.45) is 0 Å². The minimum atomic E-state index is -1.07. The molecule has 0 saturated heterocycles. The molecule has 2 N–H and O–H groups in total. The molecule has 7 heteroatoms. The van der Waals surface area contributed by atoms with E-state index in [9.17, 15) is 9.59 Å². The van der Waals surface area contributed by atoms with Gasteiger partial charge in [0.15, 0.2) is 5.69 Å². The maximum absolute atomic E-state index is 12.1. The van der Waals surface area contributed by atoms with Crippen molar-refractivity contribution in [1.82, 2.24) is 10.3 Å². The number of carboxylic acids is 1. The second-order valence-corrected chi connectivity index (χ2v) is 5.38. The number of anilines is 1. The summed E-state index contributed by atoms with van der Waals surface area (Å²) in [5.41, 5.74) is 1.81. The molecule has 1 aromatic carbocycles. The first kappa shape index (κ1) is 15.0. The summed E-state index contributed by atoms with van der Waals surface area (Å²) in [6.45, 7) is 2.13. The van der Waals surface area contributed by atoms with Crippen LogP contribution in [0, 0.1) is 6.92 Å². The van der Waals surface area contributed by atoms with Gasteiger partial charge in [-0.05, 0) is 18.6 Å². The Morgan fingerprint density at radius 3 is 2.71 bits per heavy atom. The lowest BCUT2D eigenvalue weighted by Crippen LogP contribution is -2.37. The van der Waals surface area contributed by atoms with Gasteiger partial charge in [0.1, 0.15) is 5.01 Å². The summed E-state index contributed by atoms with van der Waals surface area (Å²) in [6, 6.07) is 7.30. The largest absolute Gasteiger partial charge is 0.476 e. The van der Waals surface area contributed by atoms with E-state index >= 15 is 0 Å². The number of hydrogen-bond acceptors (Lipinski definition) is 4. The number of amides is 2. The van der Waals surface area contributed by atoms with Crippen molar-refractivity contribution in [3.05, 3.63) is 45.9 Å². The van der Waals surface area contributed by atoms with Crippen molar-refractivity contribution >= 4 is 29.0 Å². The molecule has 2 amide bonds. The Balaban J connectivity index is 1.98. The van der Waals surface area contributed by atoms with E-state index in [1.165, 1.54) is 21.6 Å². The summed E-state index contributed by atoms with van der Waals surface area (Å²) in [5, 5.41) is 13.5. The number of hydrogen-bond donors (Lipinski definition) is 2. The Bertz CT molecular complexity index is 669. The Kier molecular flexibility index (Phi) is 4.54. The van der Waals surface area contributed by atoms with Gasteiger partial charge in [-0.2, -0.15) is 0 Å². The van der Waals surface area contributed by atoms with E-state index in [1.807, 2.05) is 31.2 Å². The number of carbonyl (C=O) groups is 2. The molecule has 2 aromatic rings. The maximum atomic E-state index is 12.1. The first-order valence-corrected chi connectivity index (χ1v) is 7.12. The fourth-order valence-corrected chi connectivity index (χ4v) is 2.52. The summed E-state index contributed by atoms with van der Waals surface area (Å²) in [4.78, 5) is 28.2. The van der Waals surface area contributed by atoms with Crippen LogP contribution in [0.4, 0.5) is 10.5 Å². The Labute approximate surface area is 126 Å². The predicted molar refractivity (Wildman–Crippen MR) is 80.9 cm³/mol. The summed E-state index contributed by atoms with van der Waals surface area (Å²) in [6.07, 6.45) is 0. The topological polar surface area (TPSA) is 82.5 Å². The number of aromatic nitrogens is 1. The Morgan fingerprint density at radius 2 is 2.10 bits per heavy atom. The second-order valence-electron chi connectivity index (χ2n) is 4.44. The van der Waals surface area contributed by atoms with Gasteiger partial charge in [-0.25, -0.2) is 14.6 Å². The van der Waals surface area contributed by atoms with E-state index in [4.69, 9.17) is 5.11 Å². The molecule has 0 radical (unpaired) electrons. The molecule has 0 aliphatic rings. The van der Waals surface area contributed by atoms with Gasteiger partial charge in [0.25, 0.3) is 0 Å². The van der Waals surface area contributed by atoms with E-state index in [0.717, 1.165) is 11.3 Å². The van der Waals surface area contributed by atoms with Crippen LogP contribution < -0.4 is 10.2 Å². The molecule has 0 aliphatic carbocycles. The highest BCUT2D eigenvalue weighted by atomic mass is 32.1. The van der Waals surface area contributed by atoms with E-state index in [0.29, 0.717) is 5.01 Å². The molecule has 0 fully saturated rings. The van der Waals surface area contributed by atoms with Crippen molar-refractivity contribution in [1.29, 1.82) is 0 Å². The smallest absolute Gasteiger partial charge is 0.355 e. The zero-order valence-electron chi connectivity index (χ0n) is 11.7. The third-order valence-corrected chi connectivity index (χ3v) is 3.79. The van der Waals surface area contributed by atoms with Crippen LogP contribution >= 0.6 is 11.3 Å². The monoisotopic (exact) mass is 305 g/mol. The average molecular weight is 305 g/mol. The van der Waals surface area contributed by atoms with Crippen molar-refractivity contribution in [2.75, 3.05) is 11.9 Å². The zero-order valence-corrected chi connectivity index (χ0v) is 12.5. The number of nitrogens with zero attached hydrogens (tertiary/aromatic N) is 2. The van der Waals surface area contributed by atoms with Crippen LogP contribution in [-0.2, 0) is 6.54 Å². The van der Waals surface area contributed by atoms with Gasteiger partial charge in [0.2, 0.25) is 0 Å². The highest BCUT2D eigenvalue weighted by Crippen LogP contribution is 2.18. The number of aryl methyl sites for hydroxylation is 1. The number of carboxylic acid groups (broad SMARTS) is 1. The number of urea groups is 1. The fraction of sp³-hybridized carbons (Fsp3) is 0.214. The van der Waals surface area contributed by atoms with E-state index in [1.54, 1.807) is 7.05 Å². The van der Waals surface area contributed by atoms with Gasteiger partial charge in [0.05, 0.1) is 6.54 Å². The number of carbonyl (C=O) groups excluding carboxylic acids is 1. The van der Waals surface area contributed by atoms with Gasteiger partial charge in [-0.15, -0.1) is 11.3 Å². The zero-order chi connectivity index (χ0) is 15.4. The van der Waals surface area contributed by atoms with Crippen molar-refractivity contribution in [3.8, 4) is 0 Å². The molecule has 0 spiro atoms. The molecule has 1 heterocycles. The van der Waals surface area contributed by atoms with Crippen LogP contribution in [0.3, 0.4) is 0 Å². The number of para-hydroxylation sites is 1. The second kappa shape index (κ2) is 6.36. The maximum Gasteiger partial charge on any atom is 0.355 e. The predicted octanol–water partition coefficient (Wildman–Crippen LogP) is 2.50. The molecule has 0 aliphatic heterocycles. The highest BCUT2D eigenvalue weighted by Gasteiger charge is 2.14. The first-order chi connectivity index (χ1) is 9.99. The van der Waals surface area contributed by atoms with Gasteiger partial charge in [-0.3, -0.25) is 4.90 Å². The minimum absolute atomic E-state index is 0.00323. The molecule has 2 rings (SSSR count). The first-order valence-electron chi connectivity index (χ1n) is 6.24. The van der Waals surface area contributed by atoms with Crippen LogP contribution in [0.1, 0.15) is 21.1 Å². The van der Waals surface area contributed by atoms with Crippen molar-refractivity contribution in [3.63, 3.8) is 0 Å². The SMILES string of the molecule is Cc1ccccc1N(C)C(=O)NCc1nc(C(=O)O)cs1. The number of nitrogens with one attached hydrogen (secondary N) is 1. The Morgan fingerprint density at radius 1 is 1.38 bits per heavy atom. The molecular weight excluding hydrogens is 290 g/mol. The van der Waals surface area contributed by atoms with Crippen molar-refractivity contribution < 1.29 is 14.7 Å². The lowest BCUT2D eigenvalue weighted by molar-refractivity contribution is 0.0691. The molecule has 0 unspecified atom stereocenters. The van der Waals surface area contributed by atoms with Crippen LogP contribution in [0.5, 0.6) is 0 Å². The van der Waals surface area contributed by atoms with E-state index in [-0.39, 0.29) is 18.3 Å². The van der Waals surface area contributed by atoms with Crippen LogP contribution in [0.2, 0.25) is 0 Å². The molecule has 21 heavy (non-hydrogen) atoms. The summed E-state index contributed by atoms with van der Waals surface area (Å²) in [7, 11) is 1.68. The summed E-state index contributed by atoms with van der Waals surface area (Å²) < 4.78 is 0. The van der Waals surface area contributed by atoms with E-state index < -0.39 is 5.97 Å². The lowest BCUT2D eigenvalue weighted by Gasteiger charge is -2.19. The standard InChI is InChI=1S/C14H15N3O3S/c1-9-5-3-4-6-11(9)17(2)14(20)15-7-12-16-10(8-21-12)13(18)19/h3-6,8H,7H2,1-2H3,(H,15,20)(H,18,19). The minimum Gasteiger partial charge on any atom is -0.476 e.